The summed E-state index contributed by atoms with van der Waals surface area (Å²) in [6.45, 7) is 0.351. The minimum absolute atomic E-state index is 0.216. The summed E-state index contributed by atoms with van der Waals surface area (Å²) < 4.78 is 12.0. The number of anilines is 1. The van der Waals surface area contributed by atoms with Gasteiger partial charge in [-0.3, -0.25) is 4.79 Å². The van der Waals surface area contributed by atoms with Crippen molar-refractivity contribution in [2.24, 2.45) is 0 Å². The minimum Gasteiger partial charge on any atom is -0.493 e. The minimum atomic E-state index is -0.216. The molecule has 1 heterocycles. The molecule has 2 aromatic carbocycles. The van der Waals surface area contributed by atoms with Crippen LogP contribution in [0.25, 0.3) is 0 Å². The predicted molar refractivity (Wildman–Crippen MR) is 102 cm³/mol. The maximum Gasteiger partial charge on any atom is 0.255 e. The number of rotatable bonds is 6. The number of methoxy groups -OCH3 is 1. The normalized spacial score (nSPS) is 10.3. The second kappa shape index (κ2) is 8.13. The van der Waals surface area contributed by atoms with E-state index in [4.69, 9.17) is 9.47 Å². The summed E-state index contributed by atoms with van der Waals surface area (Å²) in [4.78, 5) is 16.6. The van der Waals surface area contributed by atoms with Crippen LogP contribution in [0.1, 0.15) is 16.1 Å². The molecule has 0 aliphatic rings. The number of hydrogen-bond donors (Lipinski definition) is 1. The molecule has 0 aliphatic heterocycles. The molecule has 0 aliphatic carbocycles. The van der Waals surface area contributed by atoms with E-state index in [0.717, 1.165) is 15.9 Å². The van der Waals surface area contributed by atoms with Gasteiger partial charge in [0.15, 0.2) is 11.5 Å². The first-order chi connectivity index (χ1) is 12.2. The first-order valence-electron chi connectivity index (χ1n) is 7.40. The molecule has 0 radical (unpaired) electrons. The topological polar surface area (TPSA) is 60.5 Å². The number of carbonyl (C=O) groups excluding carboxylic acids is 1. The molecule has 3 rings (SSSR count). The van der Waals surface area contributed by atoms with E-state index >= 15 is 0 Å². The average Bonchev–Trinajstić information content (AvgIpc) is 3.15. The Hall–Kier alpha value is -2.38. The fourth-order valence-corrected chi connectivity index (χ4v) is 2.93. The molecule has 25 heavy (non-hydrogen) atoms. The predicted octanol–water partition coefficient (Wildman–Crippen LogP) is 4.75. The third-order valence-electron chi connectivity index (χ3n) is 3.39. The van der Waals surface area contributed by atoms with Gasteiger partial charge in [0.2, 0.25) is 0 Å². The molecule has 0 unspecified atom stereocenters. The number of benzene rings is 2. The summed E-state index contributed by atoms with van der Waals surface area (Å²) in [5.74, 6) is 0.848. The zero-order valence-corrected chi connectivity index (χ0v) is 15.8. The number of nitrogens with zero attached hydrogens (tertiary/aromatic N) is 1. The van der Waals surface area contributed by atoms with Crippen molar-refractivity contribution < 1.29 is 14.3 Å². The van der Waals surface area contributed by atoms with Gasteiger partial charge in [0.25, 0.3) is 5.91 Å². The van der Waals surface area contributed by atoms with Crippen molar-refractivity contribution in [2.45, 2.75) is 6.61 Å². The molecule has 0 saturated heterocycles. The fourth-order valence-electron chi connectivity index (χ4n) is 2.13. The summed E-state index contributed by atoms with van der Waals surface area (Å²) in [6.07, 6.45) is 0. The van der Waals surface area contributed by atoms with E-state index in [1.807, 2.05) is 29.6 Å². The van der Waals surface area contributed by atoms with Crippen molar-refractivity contribution >= 4 is 38.9 Å². The largest absolute Gasteiger partial charge is 0.493 e. The Morgan fingerprint density at radius 3 is 2.68 bits per heavy atom. The van der Waals surface area contributed by atoms with Gasteiger partial charge in [-0.15, -0.1) is 11.3 Å². The maximum atomic E-state index is 12.4. The summed E-state index contributed by atoms with van der Waals surface area (Å²) in [6, 6.07) is 12.5. The lowest BCUT2D eigenvalue weighted by Gasteiger charge is -2.12. The number of hydrogen-bond acceptors (Lipinski definition) is 5. The first-order valence-corrected chi connectivity index (χ1v) is 9.14. The van der Waals surface area contributed by atoms with Crippen LogP contribution in [0.15, 0.2) is 57.8 Å². The van der Waals surface area contributed by atoms with Crippen molar-refractivity contribution in [3.8, 4) is 11.5 Å². The Morgan fingerprint density at radius 1 is 1.20 bits per heavy atom. The van der Waals surface area contributed by atoms with Gasteiger partial charge in [0.05, 0.1) is 18.3 Å². The molecule has 1 amide bonds. The fraction of sp³-hybridized carbons (Fsp3) is 0.111. The maximum absolute atomic E-state index is 12.4. The second-order valence-electron chi connectivity index (χ2n) is 5.10. The standard InChI is InChI=1S/C18H15BrN2O3S/c1-23-17-8-12(18(22)21-14-5-3-13(19)4-6-14)2-7-16(17)24-9-15-10-25-11-20-15/h2-8,10-11H,9H2,1H3,(H,21,22). The number of amides is 1. The van der Waals surface area contributed by atoms with Gasteiger partial charge in [-0.05, 0) is 42.5 Å². The Bertz CT molecular complexity index is 851. The van der Waals surface area contributed by atoms with E-state index in [9.17, 15) is 4.79 Å². The molecular weight excluding hydrogens is 404 g/mol. The number of carbonyl (C=O) groups is 1. The lowest BCUT2D eigenvalue weighted by atomic mass is 10.2. The van der Waals surface area contributed by atoms with E-state index < -0.39 is 0 Å². The third kappa shape index (κ3) is 4.58. The van der Waals surface area contributed by atoms with Crippen LogP contribution in [0.3, 0.4) is 0 Å². The highest BCUT2D eigenvalue weighted by Gasteiger charge is 2.12. The smallest absolute Gasteiger partial charge is 0.255 e. The summed E-state index contributed by atoms with van der Waals surface area (Å²) >= 11 is 4.88. The Balaban J connectivity index is 1.71. The molecule has 0 saturated carbocycles. The molecule has 3 aromatic rings. The monoisotopic (exact) mass is 418 g/mol. The quantitative estimate of drug-likeness (QED) is 0.627. The van der Waals surface area contributed by atoms with Crippen molar-refractivity contribution in [2.75, 3.05) is 12.4 Å². The summed E-state index contributed by atoms with van der Waals surface area (Å²) in [5.41, 5.74) is 3.81. The second-order valence-corrected chi connectivity index (χ2v) is 6.73. The van der Waals surface area contributed by atoms with Gasteiger partial charge in [0, 0.05) is 21.1 Å². The van der Waals surface area contributed by atoms with E-state index in [-0.39, 0.29) is 5.91 Å². The SMILES string of the molecule is COc1cc(C(=O)Nc2ccc(Br)cc2)ccc1OCc1cscn1. The van der Waals surface area contributed by atoms with E-state index in [1.165, 1.54) is 11.3 Å². The molecule has 0 atom stereocenters. The highest BCUT2D eigenvalue weighted by atomic mass is 79.9. The number of aromatic nitrogens is 1. The average molecular weight is 419 g/mol. The van der Waals surface area contributed by atoms with Crippen molar-refractivity contribution in [3.63, 3.8) is 0 Å². The van der Waals surface area contributed by atoms with Crippen LogP contribution in [0.5, 0.6) is 11.5 Å². The van der Waals surface area contributed by atoms with Gasteiger partial charge in [-0.25, -0.2) is 4.98 Å². The first kappa shape index (κ1) is 17.4. The van der Waals surface area contributed by atoms with Gasteiger partial charge >= 0.3 is 0 Å². The number of halogens is 1. The van der Waals surface area contributed by atoms with Crippen molar-refractivity contribution in [3.05, 3.63) is 69.1 Å². The van der Waals surface area contributed by atoms with Crippen LogP contribution in [0.4, 0.5) is 5.69 Å². The van der Waals surface area contributed by atoms with Crippen LogP contribution < -0.4 is 14.8 Å². The summed E-state index contributed by atoms with van der Waals surface area (Å²) in [7, 11) is 1.54. The van der Waals surface area contributed by atoms with Crippen LogP contribution >= 0.6 is 27.3 Å². The van der Waals surface area contributed by atoms with Gasteiger partial charge < -0.3 is 14.8 Å². The molecule has 1 aromatic heterocycles. The number of ether oxygens (including phenoxy) is 2. The van der Waals surface area contributed by atoms with Crippen LogP contribution in [-0.2, 0) is 6.61 Å². The Kier molecular flexibility index (Phi) is 5.67. The van der Waals surface area contributed by atoms with Crippen LogP contribution in [0.2, 0.25) is 0 Å². The molecule has 5 nitrogen and oxygen atoms in total. The Morgan fingerprint density at radius 2 is 2.00 bits per heavy atom. The van der Waals surface area contributed by atoms with Gasteiger partial charge in [-0.2, -0.15) is 0 Å². The van der Waals surface area contributed by atoms with Gasteiger partial charge in [0.1, 0.15) is 6.61 Å². The molecule has 7 heteroatoms. The molecular formula is C18H15BrN2O3S. The summed E-state index contributed by atoms with van der Waals surface area (Å²) in [5, 5.41) is 4.77. The molecule has 1 N–H and O–H groups in total. The molecule has 128 valence electrons. The molecule has 0 fully saturated rings. The lowest BCUT2D eigenvalue weighted by molar-refractivity contribution is 0.102. The van der Waals surface area contributed by atoms with E-state index in [1.54, 1.807) is 30.8 Å². The van der Waals surface area contributed by atoms with E-state index in [0.29, 0.717) is 23.7 Å². The third-order valence-corrected chi connectivity index (χ3v) is 4.55. The van der Waals surface area contributed by atoms with E-state index in [2.05, 4.69) is 26.2 Å². The lowest BCUT2D eigenvalue weighted by Crippen LogP contribution is -2.12. The molecule has 0 bridgehead atoms. The Labute approximate surface area is 157 Å². The molecule has 0 spiro atoms. The van der Waals surface area contributed by atoms with Crippen molar-refractivity contribution in [1.29, 1.82) is 0 Å². The zero-order valence-electron chi connectivity index (χ0n) is 13.4. The number of nitrogens with one attached hydrogen (secondary N) is 1. The number of thiazole rings is 1. The van der Waals surface area contributed by atoms with Gasteiger partial charge in [-0.1, -0.05) is 15.9 Å². The zero-order chi connectivity index (χ0) is 17.6. The highest BCUT2D eigenvalue weighted by molar-refractivity contribution is 9.10. The highest BCUT2D eigenvalue weighted by Crippen LogP contribution is 2.29. The van der Waals surface area contributed by atoms with Crippen LogP contribution in [0, 0.1) is 0 Å². The van der Waals surface area contributed by atoms with Crippen molar-refractivity contribution in [1.82, 2.24) is 4.98 Å². The van der Waals surface area contributed by atoms with Crippen LogP contribution in [-0.4, -0.2) is 18.0 Å².